The first kappa shape index (κ1) is 11.4. The Hall–Kier alpha value is -0.120. The molecule has 0 saturated carbocycles. The molecule has 3 nitrogen and oxygen atoms in total. The molecule has 2 rings (SSSR count). The summed E-state index contributed by atoms with van der Waals surface area (Å²) in [5.74, 6) is 0.726. The van der Waals surface area contributed by atoms with Crippen molar-refractivity contribution in [2.45, 2.75) is 44.8 Å². The van der Waals surface area contributed by atoms with Gasteiger partial charge in [0.15, 0.2) is 0 Å². The van der Waals surface area contributed by atoms with Crippen molar-refractivity contribution < 1.29 is 9.47 Å². The van der Waals surface area contributed by atoms with E-state index >= 15 is 0 Å². The molecule has 2 heterocycles. The molecular formula is C12H23NO2. The Bertz CT molecular complexity index is 192. The van der Waals surface area contributed by atoms with E-state index in [1.54, 1.807) is 0 Å². The molecule has 1 unspecified atom stereocenters. The van der Waals surface area contributed by atoms with Crippen molar-refractivity contribution in [1.29, 1.82) is 0 Å². The van der Waals surface area contributed by atoms with Gasteiger partial charge in [-0.2, -0.15) is 0 Å². The van der Waals surface area contributed by atoms with Gasteiger partial charge in [-0.25, -0.2) is 0 Å². The molecule has 2 aliphatic rings. The lowest BCUT2D eigenvalue weighted by molar-refractivity contribution is -0.150. The maximum Gasteiger partial charge on any atom is 0.0879 e. The van der Waals surface area contributed by atoms with Gasteiger partial charge in [-0.05, 0) is 12.3 Å². The predicted octanol–water partition coefficient (Wildman–Crippen LogP) is 1.57. The lowest BCUT2D eigenvalue weighted by atomic mass is 9.81. The molecule has 1 N–H and O–H groups in total. The molecule has 2 aliphatic heterocycles. The summed E-state index contributed by atoms with van der Waals surface area (Å²) in [5, 5.41) is 3.63. The van der Waals surface area contributed by atoms with E-state index < -0.39 is 0 Å². The average molecular weight is 213 g/mol. The average Bonchev–Trinajstić information content (AvgIpc) is 2.23. The summed E-state index contributed by atoms with van der Waals surface area (Å²) >= 11 is 0. The Balaban J connectivity index is 2.03. The van der Waals surface area contributed by atoms with E-state index in [9.17, 15) is 0 Å². The molecule has 0 aromatic heterocycles. The van der Waals surface area contributed by atoms with Gasteiger partial charge in [0.25, 0.3) is 0 Å². The van der Waals surface area contributed by atoms with E-state index in [1.165, 1.54) is 6.42 Å². The van der Waals surface area contributed by atoms with E-state index in [1.807, 2.05) is 0 Å². The number of hydrogen-bond acceptors (Lipinski definition) is 3. The highest BCUT2D eigenvalue weighted by atomic mass is 16.5. The minimum Gasteiger partial charge on any atom is -0.381 e. The van der Waals surface area contributed by atoms with Crippen LogP contribution in [0.2, 0.25) is 0 Å². The third-order valence-electron chi connectivity index (χ3n) is 3.56. The van der Waals surface area contributed by atoms with Crippen LogP contribution in [-0.2, 0) is 9.47 Å². The third kappa shape index (κ3) is 2.52. The molecule has 0 aromatic rings. The van der Waals surface area contributed by atoms with Gasteiger partial charge >= 0.3 is 0 Å². The third-order valence-corrected chi connectivity index (χ3v) is 3.56. The molecule has 3 heteroatoms. The monoisotopic (exact) mass is 213 g/mol. The van der Waals surface area contributed by atoms with Gasteiger partial charge in [-0.1, -0.05) is 13.8 Å². The zero-order chi connectivity index (χ0) is 10.7. The van der Waals surface area contributed by atoms with Crippen molar-refractivity contribution in [3.05, 3.63) is 0 Å². The van der Waals surface area contributed by atoms with E-state index in [2.05, 4.69) is 19.2 Å². The van der Waals surface area contributed by atoms with Crippen LogP contribution in [0.25, 0.3) is 0 Å². The predicted molar refractivity (Wildman–Crippen MR) is 60.0 cm³/mol. The second kappa shape index (κ2) is 4.81. The Morgan fingerprint density at radius 2 is 2.00 bits per heavy atom. The van der Waals surface area contributed by atoms with E-state index in [4.69, 9.17) is 9.47 Å². The maximum absolute atomic E-state index is 6.08. The summed E-state index contributed by atoms with van der Waals surface area (Å²) in [7, 11) is 0. The molecule has 0 radical (unpaired) electrons. The van der Waals surface area contributed by atoms with Crippen molar-refractivity contribution in [3.8, 4) is 0 Å². The van der Waals surface area contributed by atoms with Crippen LogP contribution in [0.1, 0.15) is 33.1 Å². The van der Waals surface area contributed by atoms with Crippen LogP contribution < -0.4 is 5.32 Å². The molecule has 1 atom stereocenters. The SMILES string of the molecule is CC(C)CC1NCCOC12CCOCC2. The van der Waals surface area contributed by atoms with Crippen LogP contribution >= 0.6 is 0 Å². The van der Waals surface area contributed by atoms with Gasteiger partial charge in [0.2, 0.25) is 0 Å². The van der Waals surface area contributed by atoms with Gasteiger partial charge < -0.3 is 14.8 Å². The van der Waals surface area contributed by atoms with Crippen LogP contribution in [0.5, 0.6) is 0 Å². The Kier molecular flexibility index (Phi) is 3.65. The fourth-order valence-corrected chi connectivity index (χ4v) is 2.75. The van der Waals surface area contributed by atoms with Crippen LogP contribution in [0, 0.1) is 5.92 Å². The highest BCUT2D eigenvalue weighted by Gasteiger charge is 2.43. The minimum atomic E-state index is 0.0702. The standard InChI is InChI=1S/C12H23NO2/c1-10(2)9-11-12(15-8-5-13-11)3-6-14-7-4-12/h10-11,13H,3-9H2,1-2H3. The van der Waals surface area contributed by atoms with Crippen LogP contribution in [0.4, 0.5) is 0 Å². The van der Waals surface area contributed by atoms with Gasteiger partial charge in [0.1, 0.15) is 0 Å². The van der Waals surface area contributed by atoms with Crippen molar-refractivity contribution >= 4 is 0 Å². The molecule has 2 saturated heterocycles. The minimum absolute atomic E-state index is 0.0702. The van der Waals surface area contributed by atoms with Crippen molar-refractivity contribution in [2.24, 2.45) is 5.92 Å². The zero-order valence-electron chi connectivity index (χ0n) is 9.92. The molecule has 0 aromatic carbocycles. The molecule has 2 fully saturated rings. The Morgan fingerprint density at radius 3 is 2.67 bits per heavy atom. The van der Waals surface area contributed by atoms with Crippen molar-refractivity contribution in [1.82, 2.24) is 5.32 Å². The zero-order valence-corrected chi connectivity index (χ0v) is 9.92. The number of hydrogen-bond donors (Lipinski definition) is 1. The van der Waals surface area contributed by atoms with Crippen molar-refractivity contribution in [2.75, 3.05) is 26.4 Å². The molecule has 15 heavy (non-hydrogen) atoms. The lowest BCUT2D eigenvalue weighted by Gasteiger charge is -2.47. The second-order valence-electron chi connectivity index (χ2n) is 5.16. The quantitative estimate of drug-likeness (QED) is 0.755. The van der Waals surface area contributed by atoms with Gasteiger partial charge in [-0.15, -0.1) is 0 Å². The normalized spacial score (nSPS) is 31.0. The maximum atomic E-state index is 6.08. The summed E-state index contributed by atoms with van der Waals surface area (Å²) in [6.45, 7) is 8.13. The number of morpholine rings is 1. The summed E-state index contributed by atoms with van der Waals surface area (Å²) in [4.78, 5) is 0. The smallest absolute Gasteiger partial charge is 0.0879 e. The van der Waals surface area contributed by atoms with Gasteiger partial charge in [-0.3, -0.25) is 0 Å². The Morgan fingerprint density at radius 1 is 1.27 bits per heavy atom. The molecule has 88 valence electrons. The summed E-state index contributed by atoms with van der Waals surface area (Å²) < 4.78 is 11.5. The van der Waals surface area contributed by atoms with E-state index in [0.29, 0.717) is 6.04 Å². The largest absolute Gasteiger partial charge is 0.381 e. The van der Waals surface area contributed by atoms with E-state index in [-0.39, 0.29) is 5.60 Å². The molecule has 1 spiro atoms. The van der Waals surface area contributed by atoms with Crippen LogP contribution in [-0.4, -0.2) is 38.0 Å². The topological polar surface area (TPSA) is 30.5 Å². The second-order valence-corrected chi connectivity index (χ2v) is 5.16. The fraction of sp³-hybridized carbons (Fsp3) is 1.00. The first-order chi connectivity index (χ1) is 7.23. The van der Waals surface area contributed by atoms with Gasteiger partial charge in [0.05, 0.1) is 12.2 Å². The van der Waals surface area contributed by atoms with E-state index in [0.717, 1.165) is 45.1 Å². The van der Waals surface area contributed by atoms with Gasteiger partial charge in [0, 0.05) is 38.6 Å². The van der Waals surface area contributed by atoms with Crippen LogP contribution in [0.15, 0.2) is 0 Å². The highest BCUT2D eigenvalue weighted by Crippen LogP contribution is 2.33. The molecular weight excluding hydrogens is 190 g/mol. The molecule has 0 amide bonds. The molecule has 0 bridgehead atoms. The number of ether oxygens (including phenoxy) is 2. The summed E-state index contributed by atoms with van der Waals surface area (Å²) in [6, 6.07) is 0.523. The van der Waals surface area contributed by atoms with Crippen molar-refractivity contribution in [3.63, 3.8) is 0 Å². The molecule has 0 aliphatic carbocycles. The first-order valence-corrected chi connectivity index (χ1v) is 6.18. The van der Waals surface area contributed by atoms with Crippen LogP contribution in [0.3, 0.4) is 0 Å². The first-order valence-electron chi connectivity index (χ1n) is 6.18. The summed E-state index contributed by atoms with van der Waals surface area (Å²) in [6.07, 6.45) is 3.31. The number of rotatable bonds is 2. The number of nitrogens with one attached hydrogen (secondary N) is 1. The summed E-state index contributed by atoms with van der Waals surface area (Å²) in [5.41, 5.74) is 0.0702. The Labute approximate surface area is 92.5 Å². The highest BCUT2D eigenvalue weighted by molar-refractivity contribution is 4.97. The fourth-order valence-electron chi connectivity index (χ4n) is 2.75. The lowest BCUT2D eigenvalue weighted by Crippen LogP contribution is -2.60.